The number of benzene rings is 1. The number of carbonyl (C=O) groups excluding carboxylic acids is 1. The first kappa shape index (κ1) is 16.2. The van der Waals surface area contributed by atoms with Crippen molar-refractivity contribution in [3.63, 3.8) is 0 Å². The Bertz CT molecular complexity index is 493. The van der Waals surface area contributed by atoms with E-state index in [0.29, 0.717) is 17.0 Å². The van der Waals surface area contributed by atoms with Crippen LogP contribution in [0.5, 0.6) is 0 Å². The molecular weight excluding hydrogens is 381 g/mol. The van der Waals surface area contributed by atoms with Gasteiger partial charge in [0.05, 0.1) is 5.56 Å². The standard InChI is InChI=1S/C13H15ClINO3/c1-3-7(2)11(13(18)19)16-12(17)9-6-8(14)4-5-10(9)15/h4-7,11H,3H2,1-2H3,(H,16,17)(H,18,19). The summed E-state index contributed by atoms with van der Waals surface area (Å²) < 4.78 is 0.729. The molecule has 0 heterocycles. The molecule has 0 radical (unpaired) electrons. The number of hydrogen-bond donors (Lipinski definition) is 2. The largest absolute Gasteiger partial charge is 0.480 e. The van der Waals surface area contributed by atoms with Crippen LogP contribution in [-0.2, 0) is 4.79 Å². The number of nitrogens with one attached hydrogen (secondary N) is 1. The van der Waals surface area contributed by atoms with E-state index in [1.165, 1.54) is 6.07 Å². The van der Waals surface area contributed by atoms with Gasteiger partial charge >= 0.3 is 5.97 Å². The van der Waals surface area contributed by atoms with Crippen molar-refractivity contribution in [2.75, 3.05) is 0 Å². The summed E-state index contributed by atoms with van der Waals surface area (Å²) in [5.41, 5.74) is 0.391. The minimum absolute atomic E-state index is 0.140. The quantitative estimate of drug-likeness (QED) is 0.753. The Morgan fingerprint density at radius 3 is 2.63 bits per heavy atom. The van der Waals surface area contributed by atoms with Crippen LogP contribution in [0.15, 0.2) is 18.2 Å². The second kappa shape index (κ2) is 7.09. The van der Waals surface area contributed by atoms with Crippen LogP contribution < -0.4 is 5.32 Å². The smallest absolute Gasteiger partial charge is 0.326 e. The third kappa shape index (κ3) is 4.35. The van der Waals surface area contributed by atoms with Gasteiger partial charge in [-0.2, -0.15) is 0 Å². The minimum atomic E-state index is -1.03. The maximum absolute atomic E-state index is 12.1. The van der Waals surface area contributed by atoms with Crippen molar-refractivity contribution < 1.29 is 14.7 Å². The molecule has 0 aromatic heterocycles. The average Bonchev–Trinajstić information content (AvgIpc) is 2.37. The van der Waals surface area contributed by atoms with E-state index in [1.54, 1.807) is 19.1 Å². The summed E-state index contributed by atoms with van der Waals surface area (Å²) in [5, 5.41) is 12.1. The molecule has 0 aliphatic heterocycles. The number of amides is 1. The predicted octanol–water partition coefficient (Wildman–Crippen LogP) is 3.17. The van der Waals surface area contributed by atoms with E-state index in [-0.39, 0.29) is 5.92 Å². The van der Waals surface area contributed by atoms with Crippen molar-refractivity contribution in [2.45, 2.75) is 26.3 Å². The third-order valence-corrected chi connectivity index (χ3v) is 4.11. The first-order valence-electron chi connectivity index (χ1n) is 5.85. The van der Waals surface area contributed by atoms with E-state index >= 15 is 0 Å². The van der Waals surface area contributed by atoms with Gasteiger partial charge in [0.1, 0.15) is 6.04 Å². The van der Waals surface area contributed by atoms with E-state index in [0.717, 1.165) is 3.57 Å². The molecule has 104 valence electrons. The normalized spacial score (nSPS) is 13.7. The van der Waals surface area contributed by atoms with Gasteiger partial charge in [-0.1, -0.05) is 31.9 Å². The van der Waals surface area contributed by atoms with Crippen molar-refractivity contribution in [1.29, 1.82) is 0 Å². The summed E-state index contributed by atoms with van der Waals surface area (Å²) in [6, 6.07) is 4.04. The number of halogens is 2. The highest BCUT2D eigenvalue weighted by Gasteiger charge is 2.26. The maximum Gasteiger partial charge on any atom is 0.326 e. The Morgan fingerprint density at radius 1 is 1.47 bits per heavy atom. The Labute approximate surface area is 130 Å². The van der Waals surface area contributed by atoms with Crippen molar-refractivity contribution >= 4 is 46.1 Å². The van der Waals surface area contributed by atoms with Crippen LogP contribution in [0, 0.1) is 9.49 Å². The van der Waals surface area contributed by atoms with Gasteiger partial charge in [0.2, 0.25) is 0 Å². The molecule has 1 rings (SSSR count). The Hall–Kier alpha value is -0.820. The minimum Gasteiger partial charge on any atom is -0.480 e. The first-order chi connectivity index (χ1) is 8.86. The molecule has 0 fully saturated rings. The fraction of sp³-hybridized carbons (Fsp3) is 0.385. The van der Waals surface area contributed by atoms with Crippen LogP contribution in [-0.4, -0.2) is 23.0 Å². The highest BCUT2D eigenvalue weighted by molar-refractivity contribution is 14.1. The molecule has 0 aliphatic carbocycles. The molecule has 1 aromatic rings. The second-order valence-electron chi connectivity index (χ2n) is 4.30. The van der Waals surface area contributed by atoms with Crippen molar-refractivity contribution in [3.05, 3.63) is 32.4 Å². The topological polar surface area (TPSA) is 66.4 Å². The highest BCUT2D eigenvalue weighted by Crippen LogP contribution is 2.18. The number of aliphatic carboxylic acids is 1. The molecular formula is C13H15ClINO3. The zero-order chi connectivity index (χ0) is 14.6. The van der Waals surface area contributed by atoms with Gasteiger partial charge in [-0.05, 0) is 46.7 Å². The monoisotopic (exact) mass is 395 g/mol. The van der Waals surface area contributed by atoms with Gasteiger partial charge in [-0.25, -0.2) is 4.79 Å². The second-order valence-corrected chi connectivity index (χ2v) is 5.90. The van der Waals surface area contributed by atoms with E-state index in [4.69, 9.17) is 16.7 Å². The fourth-order valence-electron chi connectivity index (χ4n) is 1.57. The number of rotatable bonds is 5. The highest BCUT2D eigenvalue weighted by atomic mass is 127. The van der Waals surface area contributed by atoms with Crippen LogP contribution >= 0.6 is 34.2 Å². The summed E-state index contributed by atoms with van der Waals surface area (Å²) in [5.74, 6) is -1.59. The van der Waals surface area contributed by atoms with Gasteiger partial charge in [0.15, 0.2) is 0 Å². The molecule has 19 heavy (non-hydrogen) atoms. The van der Waals surface area contributed by atoms with Crippen LogP contribution in [0.3, 0.4) is 0 Å². The first-order valence-corrected chi connectivity index (χ1v) is 7.31. The zero-order valence-corrected chi connectivity index (χ0v) is 13.5. The van der Waals surface area contributed by atoms with Gasteiger partial charge in [0, 0.05) is 8.59 Å². The third-order valence-electron chi connectivity index (χ3n) is 2.94. The summed E-state index contributed by atoms with van der Waals surface area (Å²) in [4.78, 5) is 23.3. The van der Waals surface area contributed by atoms with Gasteiger partial charge in [-0.15, -0.1) is 0 Å². The fourth-order valence-corrected chi connectivity index (χ4v) is 2.33. The summed E-state index contributed by atoms with van der Waals surface area (Å²) >= 11 is 7.87. The molecule has 0 saturated heterocycles. The average molecular weight is 396 g/mol. The Morgan fingerprint density at radius 2 is 2.11 bits per heavy atom. The molecule has 4 nitrogen and oxygen atoms in total. The molecule has 0 aliphatic rings. The maximum atomic E-state index is 12.1. The zero-order valence-electron chi connectivity index (χ0n) is 10.6. The van der Waals surface area contributed by atoms with Crippen LogP contribution in [0.1, 0.15) is 30.6 Å². The molecule has 0 saturated carbocycles. The molecule has 1 amide bonds. The van der Waals surface area contributed by atoms with E-state index in [1.807, 2.05) is 29.5 Å². The van der Waals surface area contributed by atoms with Crippen LogP contribution in [0.2, 0.25) is 5.02 Å². The van der Waals surface area contributed by atoms with E-state index in [2.05, 4.69) is 5.32 Å². The molecule has 0 bridgehead atoms. The lowest BCUT2D eigenvalue weighted by Gasteiger charge is -2.20. The lowest BCUT2D eigenvalue weighted by Crippen LogP contribution is -2.45. The lowest BCUT2D eigenvalue weighted by atomic mass is 9.99. The molecule has 2 unspecified atom stereocenters. The predicted molar refractivity (Wildman–Crippen MR) is 82.5 cm³/mol. The van der Waals surface area contributed by atoms with E-state index < -0.39 is 17.9 Å². The lowest BCUT2D eigenvalue weighted by molar-refractivity contribution is -0.140. The summed E-state index contributed by atoms with van der Waals surface area (Å²) in [7, 11) is 0. The molecule has 6 heteroatoms. The number of carbonyl (C=O) groups is 2. The SMILES string of the molecule is CCC(C)C(NC(=O)c1cc(Cl)ccc1I)C(=O)O. The number of carboxylic acid groups (broad SMARTS) is 1. The van der Waals surface area contributed by atoms with Crippen LogP contribution in [0.25, 0.3) is 0 Å². The van der Waals surface area contributed by atoms with Gasteiger partial charge < -0.3 is 10.4 Å². The molecule has 1 aromatic carbocycles. The molecule has 2 atom stereocenters. The van der Waals surface area contributed by atoms with E-state index in [9.17, 15) is 9.59 Å². The summed E-state index contributed by atoms with van der Waals surface area (Å²) in [6.07, 6.45) is 0.671. The van der Waals surface area contributed by atoms with Crippen molar-refractivity contribution in [2.24, 2.45) is 5.92 Å². The molecule has 0 spiro atoms. The Kier molecular flexibility index (Phi) is 6.06. The summed E-state index contributed by atoms with van der Waals surface area (Å²) in [6.45, 7) is 3.68. The number of carboxylic acids is 1. The van der Waals surface area contributed by atoms with Crippen LogP contribution in [0.4, 0.5) is 0 Å². The van der Waals surface area contributed by atoms with Gasteiger partial charge in [-0.3, -0.25) is 4.79 Å². The molecule has 2 N–H and O–H groups in total. The van der Waals surface area contributed by atoms with Crippen molar-refractivity contribution in [3.8, 4) is 0 Å². The Balaban J connectivity index is 2.94. The van der Waals surface area contributed by atoms with Crippen molar-refractivity contribution in [1.82, 2.24) is 5.32 Å². The van der Waals surface area contributed by atoms with Gasteiger partial charge in [0.25, 0.3) is 5.91 Å². The number of hydrogen-bond acceptors (Lipinski definition) is 2.